The monoisotopic (exact) mass is 258 g/mol. The van der Waals surface area contributed by atoms with Gasteiger partial charge in [0.2, 0.25) is 0 Å². The third kappa shape index (κ3) is 1.78. The van der Waals surface area contributed by atoms with E-state index in [2.05, 4.69) is 31.0 Å². The van der Waals surface area contributed by atoms with Gasteiger partial charge in [0, 0.05) is 11.1 Å². The zero-order valence-electron chi connectivity index (χ0n) is 12.2. The summed E-state index contributed by atoms with van der Waals surface area (Å²) >= 11 is 0. The van der Waals surface area contributed by atoms with Crippen molar-refractivity contribution in [1.82, 2.24) is 0 Å². The Labute approximate surface area is 114 Å². The molecular formula is C16H22N2O. The van der Waals surface area contributed by atoms with E-state index in [1.807, 2.05) is 19.1 Å². The van der Waals surface area contributed by atoms with Crippen LogP contribution in [-0.4, -0.2) is 11.9 Å². The van der Waals surface area contributed by atoms with E-state index >= 15 is 0 Å². The molecule has 3 nitrogen and oxygen atoms in total. The van der Waals surface area contributed by atoms with Crippen LogP contribution >= 0.6 is 0 Å². The molecule has 0 N–H and O–H groups in total. The third-order valence-corrected chi connectivity index (χ3v) is 5.64. The molecule has 2 atom stereocenters. The first-order chi connectivity index (χ1) is 8.93. The summed E-state index contributed by atoms with van der Waals surface area (Å²) in [6, 6.07) is 3.86. The largest absolute Gasteiger partial charge is 0.460 e. The van der Waals surface area contributed by atoms with Crippen molar-refractivity contribution >= 4 is 11.9 Å². The number of fused-ring (bicyclic) bond motifs is 2. The quantitative estimate of drug-likeness (QED) is 0.578. The van der Waals surface area contributed by atoms with Crippen LogP contribution in [0.15, 0.2) is 26.8 Å². The fraction of sp³-hybridized carbons (Fsp3) is 0.625. The fourth-order valence-corrected chi connectivity index (χ4v) is 3.76. The molecule has 0 saturated heterocycles. The summed E-state index contributed by atoms with van der Waals surface area (Å²) in [6.45, 7) is 9.05. The van der Waals surface area contributed by atoms with Gasteiger partial charge < -0.3 is 4.42 Å². The highest BCUT2D eigenvalue weighted by atomic mass is 16.3. The second kappa shape index (κ2) is 4.06. The molecule has 1 aromatic rings. The van der Waals surface area contributed by atoms with Crippen LogP contribution in [-0.2, 0) is 0 Å². The summed E-state index contributed by atoms with van der Waals surface area (Å²) in [6.07, 6.45) is 5.41. The Morgan fingerprint density at radius 2 is 2.11 bits per heavy atom. The van der Waals surface area contributed by atoms with Gasteiger partial charge >= 0.3 is 0 Å². The maximum absolute atomic E-state index is 5.46. The van der Waals surface area contributed by atoms with E-state index in [-0.39, 0.29) is 5.41 Å². The van der Waals surface area contributed by atoms with Gasteiger partial charge in [0.1, 0.15) is 11.5 Å². The summed E-state index contributed by atoms with van der Waals surface area (Å²) in [7, 11) is 0. The van der Waals surface area contributed by atoms with Crippen molar-refractivity contribution in [3.63, 3.8) is 0 Å². The average molecular weight is 258 g/mol. The predicted molar refractivity (Wildman–Crippen MR) is 77.7 cm³/mol. The smallest absolute Gasteiger partial charge is 0.147 e. The Morgan fingerprint density at radius 3 is 2.63 bits per heavy atom. The highest BCUT2D eigenvalue weighted by molar-refractivity contribution is 5.94. The van der Waals surface area contributed by atoms with Crippen LogP contribution in [0.25, 0.3) is 0 Å². The summed E-state index contributed by atoms with van der Waals surface area (Å²) in [5.74, 6) is 2.45. The van der Waals surface area contributed by atoms with Crippen molar-refractivity contribution in [3.8, 4) is 0 Å². The van der Waals surface area contributed by atoms with Gasteiger partial charge in [-0.3, -0.25) is 0 Å². The SMILES string of the molecule is Cc1ccc(/C=N\N=C2\C[C@H]3CC[C@@]2(C)C3(C)C)o1. The van der Waals surface area contributed by atoms with Gasteiger partial charge in [0.25, 0.3) is 0 Å². The van der Waals surface area contributed by atoms with E-state index in [1.165, 1.54) is 18.6 Å². The molecule has 2 saturated carbocycles. The van der Waals surface area contributed by atoms with Gasteiger partial charge in [-0.2, -0.15) is 10.2 Å². The molecule has 0 spiro atoms. The third-order valence-electron chi connectivity index (χ3n) is 5.64. The number of aryl methyl sites for hydroxylation is 1. The van der Waals surface area contributed by atoms with Gasteiger partial charge in [-0.15, -0.1) is 0 Å². The normalized spacial score (nSPS) is 34.7. The lowest BCUT2D eigenvalue weighted by atomic mass is 9.70. The molecule has 1 heterocycles. The van der Waals surface area contributed by atoms with Crippen molar-refractivity contribution in [2.75, 3.05) is 0 Å². The number of furan rings is 1. The lowest BCUT2D eigenvalue weighted by molar-refractivity contribution is 0.194. The highest BCUT2D eigenvalue weighted by Crippen LogP contribution is 2.63. The molecule has 2 bridgehead atoms. The molecule has 2 fully saturated rings. The van der Waals surface area contributed by atoms with E-state index in [1.54, 1.807) is 6.21 Å². The molecule has 2 aliphatic carbocycles. The Kier molecular flexibility index (Phi) is 2.70. The minimum Gasteiger partial charge on any atom is -0.460 e. The lowest BCUT2D eigenvalue weighted by Gasteiger charge is -2.34. The van der Waals surface area contributed by atoms with Crippen LogP contribution in [0.2, 0.25) is 0 Å². The van der Waals surface area contributed by atoms with Crippen LogP contribution < -0.4 is 0 Å². The molecule has 1 aromatic heterocycles. The van der Waals surface area contributed by atoms with Crippen molar-refractivity contribution < 1.29 is 4.42 Å². The Morgan fingerprint density at radius 1 is 1.32 bits per heavy atom. The first-order valence-electron chi connectivity index (χ1n) is 7.10. The van der Waals surface area contributed by atoms with E-state index in [0.717, 1.165) is 23.9 Å². The van der Waals surface area contributed by atoms with Gasteiger partial charge in [0.05, 0.1) is 6.21 Å². The number of nitrogens with zero attached hydrogens (tertiary/aromatic N) is 2. The van der Waals surface area contributed by atoms with E-state index in [4.69, 9.17) is 4.42 Å². The number of hydrogen-bond donors (Lipinski definition) is 0. The molecule has 3 rings (SSSR count). The van der Waals surface area contributed by atoms with Crippen molar-refractivity contribution in [3.05, 3.63) is 23.7 Å². The van der Waals surface area contributed by atoms with Gasteiger partial charge in [-0.1, -0.05) is 20.8 Å². The average Bonchev–Trinajstić information content (AvgIpc) is 2.90. The van der Waals surface area contributed by atoms with Crippen molar-refractivity contribution in [2.45, 2.75) is 47.0 Å². The minimum absolute atomic E-state index is 0.230. The summed E-state index contributed by atoms with van der Waals surface area (Å²) < 4.78 is 5.46. The molecule has 0 aromatic carbocycles. The molecule has 19 heavy (non-hydrogen) atoms. The van der Waals surface area contributed by atoms with E-state index < -0.39 is 0 Å². The van der Waals surface area contributed by atoms with Crippen molar-refractivity contribution in [1.29, 1.82) is 0 Å². The van der Waals surface area contributed by atoms with Crippen LogP contribution in [0.1, 0.15) is 51.6 Å². The Hall–Kier alpha value is -1.38. The Bertz CT molecular complexity index is 553. The van der Waals surface area contributed by atoms with Gasteiger partial charge in [0.15, 0.2) is 0 Å². The Balaban J connectivity index is 1.81. The molecule has 0 aliphatic heterocycles. The summed E-state index contributed by atoms with van der Waals surface area (Å²) in [5.41, 5.74) is 1.87. The highest BCUT2D eigenvalue weighted by Gasteiger charge is 2.59. The molecule has 2 aliphatic rings. The maximum Gasteiger partial charge on any atom is 0.147 e. The molecule has 0 unspecified atom stereocenters. The topological polar surface area (TPSA) is 37.9 Å². The van der Waals surface area contributed by atoms with Crippen LogP contribution in [0, 0.1) is 23.7 Å². The van der Waals surface area contributed by atoms with Gasteiger partial charge in [-0.05, 0) is 49.7 Å². The second-order valence-corrected chi connectivity index (χ2v) is 6.73. The van der Waals surface area contributed by atoms with Crippen LogP contribution in [0.5, 0.6) is 0 Å². The fourth-order valence-electron chi connectivity index (χ4n) is 3.76. The standard InChI is InChI=1S/C16H22N2O/c1-11-5-6-13(19-11)10-17-18-14-9-12-7-8-16(14,4)15(12,2)3/h5-6,10,12H,7-9H2,1-4H3/b17-10-,18-14-/t12-,16-/m1/s1. The molecule has 0 amide bonds. The summed E-state index contributed by atoms with van der Waals surface area (Å²) in [5, 5.41) is 8.74. The van der Waals surface area contributed by atoms with E-state index in [9.17, 15) is 0 Å². The lowest BCUT2D eigenvalue weighted by Crippen LogP contribution is -2.32. The first-order valence-corrected chi connectivity index (χ1v) is 7.10. The van der Waals surface area contributed by atoms with Crippen LogP contribution in [0.3, 0.4) is 0 Å². The maximum atomic E-state index is 5.46. The predicted octanol–water partition coefficient (Wildman–Crippen LogP) is 4.21. The molecule has 0 radical (unpaired) electrons. The van der Waals surface area contributed by atoms with E-state index in [0.29, 0.717) is 5.41 Å². The molecule has 3 heteroatoms. The second-order valence-electron chi connectivity index (χ2n) is 6.73. The zero-order valence-corrected chi connectivity index (χ0v) is 12.2. The minimum atomic E-state index is 0.230. The number of hydrogen-bond acceptors (Lipinski definition) is 3. The van der Waals surface area contributed by atoms with Crippen molar-refractivity contribution in [2.24, 2.45) is 27.0 Å². The molecule has 102 valence electrons. The number of rotatable bonds is 2. The summed E-state index contributed by atoms with van der Waals surface area (Å²) in [4.78, 5) is 0. The first kappa shape index (κ1) is 12.6. The zero-order chi connectivity index (χ0) is 13.7. The van der Waals surface area contributed by atoms with Gasteiger partial charge in [-0.25, -0.2) is 0 Å². The molecular weight excluding hydrogens is 236 g/mol. The van der Waals surface area contributed by atoms with Crippen LogP contribution in [0.4, 0.5) is 0 Å².